The van der Waals surface area contributed by atoms with E-state index < -0.39 is 46.2 Å². The third kappa shape index (κ3) is 5.21. The number of esters is 1. The summed E-state index contributed by atoms with van der Waals surface area (Å²) in [6, 6.07) is 8.80. The summed E-state index contributed by atoms with van der Waals surface area (Å²) in [5.74, 6) is -1.98. The minimum Gasteiger partial charge on any atom is -0.493 e. The second-order valence-corrected chi connectivity index (χ2v) is 11.2. The Labute approximate surface area is 220 Å². The Morgan fingerprint density at radius 2 is 1.71 bits per heavy atom. The van der Waals surface area contributed by atoms with E-state index in [2.05, 4.69) is 0 Å². The van der Waals surface area contributed by atoms with Crippen LogP contribution in [0.2, 0.25) is 0 Å². The quantitative estimate of drug-likeness (QED) is 0.341. The van der Waals surface area contributed by atoms with E-state index in [1.165, 1.54) is 31.3 Å². The summed E-state index contributed by atoms with van der Waals surface area (Å²) in [6.07, 6.45) is 0.340. The summed E-state index contributed by atoms with van der Waals surface area (Å²) in [7, 11) is -0.428. The van der Waals surface area contributed by atoms with Gasteiger partial charge in [-0.1, -0.05) is 12.1 Å². The van der Waals surface area contributed by atoms with Crippen LogP contribution in [0.4, 0.5) is 0 Å². The van der Waals surface area contributed by atoms with E-state index in [0.717, 1.165) is 4.90 Å². The van der Waals surface area contributed by atoms with E-state index >= 15 is 0 Å². The van der Waals surface area contributed by atoms with Gasteiger partial charge in [0.05, 0.1) is 49.0 Å². The Bertz CT molecular complexity index is 1370. The molecule has 2 aliphatic rings. The zero-order valence-corrected chi connectivity index (χ0v) is 22.1. The molecule has 38 heavy (non-hydrogen) atoms. The van der Waals surface area contributed by atoms with Crippen LogP contribution >= 0.6 is 0 Å². The molecular weight excluding hydrogens is 516 g/mol. The van der Waals surface area contributed by atoms with Gasteiger partial charge < -0.3 is 19.1 Å². The van der Waals surface area contributed by atoms with Crippen molar-refractivity contribution in [3.8, 4) is 11.5 Å². The summed E-state index contributed by atoms with van der Waals surface area (Å²) in [6.45, 7) is 1.23. The Balaban J connectivity index is 1.52. The third-order valence-corrected chi connectivity index (χ3v) is 8.39. The summed E-state index contributed by atoms with van der Waals surface area (Å²) in [4.78, 5) is 53.8. The van der Waals surface area contributed by atoms with Crippen molar-refractivity contribution >= 4 is 33.5 Å². The molecule has 0 radical (unpaired) electrons. The zero-order valence-electron chi connectivity index (χ0n) is 21.3. The van der Waals surface area contributed by atoms with E-state index in [1.54, 1.807) is 31.2 Å². The van der Waals surface area contributed by atoms with Crippen molar-refractivity contribution < 1.29 is 41.8 Å². The lowest BCUT2D eigenvalue weighted by molar-refractivity contribution is -0.136. The summed E-state index contributed by atoms with van der Waals surface area (Å²) in [5.41, 5.74) is 0.917. The second-order valence-electron chi connectivity index (χ2n) is 8.93. The molecule has 0 spiro atoms. The molecule has 0 unspecified atom stereocenters. The first-order chi connectivity index (χ1) is 18.1. The fourth-order valence-electron chi connectivity index (χ4n) is 4.78. The lowest BCUT2D eigenvalue weighted by Crippen LogP contribution is -2.43. The van der Waals surface area contributed by atoms with Crippen LogP contribution in [0.1, 0.15) is 50.0 Å². The molecule has 0 aromatic heterocycles. The van der Waals surface area contributed by atoms with Crippen LogP contribution in [0.5, 0.6) is 11.5 Å². The van der Waals surface area contributed by atoms with E-state index in [-0.39, 0.29) is 52.8 Å². The molecular formula is C26H28N2O9S. The maximum Gasteiger partial charge on any atom is 0.338 e. The number of hydrogen-bond acceptors (Lipinski definition) is 9. The molecule has 2 heterocycles. The molecule has 0 aliphatic carbocycles. The molecule has 1 saturated heterocycles. The van der Waals surface area contributed by atoms with Gasteiger partial charge >= 0.3 is 5.97 Å². The highest BCUT2D eigenvalue weighted by molar-refractivity contribution is 7.91. The van der Waals surface area contributed by atoms with Gasteiger partial charge in [0, 0.05) is 18.2 Å². The Kier molecular flexibility index (Phi) is 7.72. The number of hydrogen-bond donors (Lipinski definition) is 0. The van der Waals surface area contributed by atoms with Gasteiger partial charge in [0.25, 0.3) is 17.7 Å². The first-order valence-corrected chi connectivity index (χ1v) is 13.8. The molecule has 12 heteroatoms. The monoisotopic (exact) mass is 544 g/mol. The molecule has 2 aromatic rings. The first kappa shape index (κ1) is 27.1. The first-order valence-electron chi connectivity index (χ1n) is 12.0. The average Bonchev–Trinajstić information content (AvgIpc) is 3.38. The molecule has 0 bridgehead atoms. The normalized spacial score (nSPS) is 17.8. The molecule has 11 nitrogen and oxygen atoms in total. The van der Waals surface area contributed by atoms with Gasteiger partial charge in [0.2, 0.25) is 0 Å². The van der Waals surface area contributed by atoms with Crippen molar-refractivity contribution in [2.45, 2.75) is 25.9 Å². The molecule has 4 rings (SSSR count). The number of fused-ring (bicyclic) bond motifs is 1. The molecule has 0 saturated carbocycles. The Morgan fingerprint density at radius 1 is 1.05 bits per heavy atom. The summed E-state index contributed by atoms with van der Waals surface area (Å²) in [5, 5.41) is 0. The minimum atomic E-state index is -3.19. The van der Waals surface area contributed by atoms with Crippen molar-refractivity contribution in [3.63, 3.8) is 0 Å². The van der Waals surface area contributed by atoms with Gasteiger partial charge in [-0.3, -0.25) is 19.3 Å². The van der Waals surface area contributed by atoms with Crippen molar-refractivity contribution in [1.29, 1.82) is 0 Å². The van der Waals surface area contributed by atoms with Gasteiger partial charge in [0.1, 0.15) is 0 Å². The highest BCUT2D eigenvalue weighted by atomic mass is 32.2. The van der Waals surface area contributed by atoms with Crippen LogP contribution in [0.3, 0.4) is 0 Å². The number of imide groups is 1. The molecule has 0 N–H and O–H groups in total. The number of amides is 3. The smallest absolute Gasteiger partial charge is 0.338 e. The number of nitrogens with zero attached hydrogens (tertiary/aromatic N) is 2. The van der Waals surface area contributed by atoms with E-state index in [9.17, 15) is 27.6 Å². The lowest BCUT2D eigenvalue weighted by Gasteiger charge is -2.26. The van der Waals surface area contributed by atoms with E-state index in [1.807, 2.05) is 0 Å². The van der Waals surface area contributed by atoms with Crippen molar-refractivity contribution in [2.75, 3.05) is 38.9 Å². The van der Waals surface area contributed by atoms with Crippen LogP contribution in [0, 0.1) is 0 Å². The maximum atomic E-state index is 12.9. The van der Waals surface area contributed by atoms with Crippen molar-refractivity contribution in [2.24, 2.45) is 0 Å². The molecule has 2 aliphatic heterocycles. The van der Waals surface area contributed by atoms with E-state index in [4.69, 9.17) is 14.2 Å². The standard InChI is InChI=1S/C26H28N2O9S/c1-4-27(18-9-10-38(33,34)15-18)22(29)14-37-26(32)16-11-17(23(36-3)21(12-16)35-2)13-28-24(30)19-7-5-6-8-20(19)25(28)31/h5-8,11-12,18H,4,9-10,13-15H2,1-3H3/t18-/m0/s1. The van der Waals surface area contributed by atoms with Crippen LogP contribution < -0.4 is 9.47 Å². The number of rotatable bonds is 9. The molecule has 1 atom stereocenters. The van der Waals surface area contributed by atoms with Crippen LogP contribution in [0.15, 0.2) is 36.4 Å². The number of carbonyl (C=O) groups excluding carboxylic acids is 4. The highest BCUT2D eigenvalue weighted by Crippen LogP contribution is 2.35. The zero-order chi connectivity index (χ0) is 27.6. The second kappa shape index (κ2) is 10.8. The number of carbonyl (C=O) groups is 4. The average molecular weight is 545 g/mol. The van der Waals surface area contributed by atoms with Crippen LogP contribution in [-0.2, 0) is 25.9 Å². The topological polar surface area (TPSA) is 137 Å². The highest BCUT2D eigenvalue weighted by Gasteiger charge is 2.36. The van der Waals surface area contributed by atoms with Gasteiger partial charge in [-0.25, -0.2) is 13.2 Å². The lowest BCUT2D eigenvalue weighted by atomic mass is 10.1. The van der Waals surface area contributed by atoms with E-state index in [0.29, 0.717) is 12.0 Å². The van der Waals surface area contributed by atoms with Crippen LogP contribution in [-0.4, -0.2) is 86.8 Å². The van der Waals surface area contributed by atoms with Crippen LogP contribution in [0.25, 0.3) is 0 Å². The molecule has 3 amide bonds. The van der Waals surface area contributed by atoms with Gasteiger partial charge in [-0.05, 0) is 37.6 Å². The summed E-state index contributed by atoms with van der Waals surface area (Å²) < 4.78 is 39.7. The number of methoxy groups -OCH3 is 2. The molecule has 2 aromatic carbocycles. The molecule has 1 fully saturated rings. The molecule has 202 valence electrons. The van der Waals surface area contributed by atoms with Gasteiger partial charge in [0.15, 0.2) is 27.9 Å². The summed E-state index contributed by atoms with van der Waals surface area (Å²) >= 11 is 0. The van der Waals surface area contributed by atoms with Gasteiger partial charge in [-0.2, -0.15) is 0 Å². The van der Waals surface area contributed by atoms with Gasteiger partial charge in [-0.15, -0.1) is 0 Å². The number of benzene rings is 2. The third-order valence-electron chi connectivity index (χ3n) is 6.64. The minimum absolute atomic E-state index is 0.0166. The van der Waals surface area contributed by atoms with Crippen molar-refractivity contribution in [3.05, 3.63) is 58.7 Å². The Hall–Kier alpha value is -3.93. The number of likely N-dealkylation sites (N-methyl/N-ethyl adjacent to an activating group) is 1. The largest absolute Gasteiger partial charge is 0.493 e. The Morgan fingerprint density at radius 3 is 2.24 bits per heavy atom. The maximum absolute atomic E-state index is 12.9. The van der Waals surface area contributed by atoms with Crippen molar-refractivity contribution in [1.82, 2.24) is 9.80 Å². The number of sulfone groups is 1. The SMILES string of the molecule is CCN(C(=O)COC(=O)c1cc(CN2C(=O)c3ccccc3C2=O)c(OC)c(OC)c1)[C@H]1CCS(=O)(=O)C1. The fraction of sp³-hybridized carbons (Fsp3) is 0.385. The fourth-order valence-corrected chi connectivity index (χ4v) is 6.52. The number of ether oxygens (including phenoxy) is 3. The predicted molar refractivity (Wildman–Crippen MR) is 135 cm³/mol. The predicted octanol–water partition coefficient (Wildman–Crippen LogP) is 1.69.